The van der Waals surface area contributed by atoms with E-state index >= 15 is 0 Å². The first-order valence-corrected chi connectivity index (χ1v) is 7.17. The average molecular weight is 240 g/mol. The SMILES string of the molecule is CNC1CCc2c(c3cccc4c3n2CCC4)C1. The van der Waals surface area contributed by atoms with Gasteiger partial charge in [0.05, 0.1) is 5.52 Å². The number of rotatable bonds is 1. The lowest BCUT2D eigenvalue weighted by Crippen LogP contribution is -2.31. The summed E-state index contributed by atoms with van der Waals surface area (Å²) in [5, 5.41) is 4.99. The average Bonchev–Trinajstić information content (AvgIpc) is 2.76. The van der Waals surface area contributed by atoms with Gasteiger partial charge in [-0.3, -0.25) is 0 Å². The number of aryl methyl sites for hydroxylation is 2. The summed E-state index contributed by atoms with van der Waals surface area (Å²) in [7, 11) is 2.10. The van der Waals surface area contributed by atoms with Crippen molar-refractivity contribution in [3.63, 3.8) is 0 Å². The highest BCUT2D eigenvalue weighted by Crippen LogP contribution is 2.36. The maximum atomic E-state index is 3.46. The minimum Gasteiger partial charge on any atom is -0.344 e. The highest BCUT2D eigenvalue weighted by atomic mass is 15.0. The number of nitrogens with zero attached hydrogens (tertiary/aromatic N) is 1. The fraction of sp³-hybridized carbons (Fsp3) is 0.500. The van der Waals surface area contributed by atoms with Crippen LogP contribution >= 0.6 is 0 Å². The van der Waals surface area contributed by atoms with E-state index in [1.165, 1.54) is 44.0 Å². The van der Waals surface area contributed by atoms with Gasteiger partial charge >= 0.3 is 0 Å². The number of aromatic nitrogens is 1. The van der Waals surface area contributed by atoms with E-state index in [-0.39, 0.29) is 0 Å². The fourth-order valence-electron chi connectivity index (χ4n) is 3.90. The molecule has 0 bridgehead atoms. The molecule has 0 spiro atoms. The van der Waals surface area contributed by atoms with Crippen molar-refractivity contribution in [2.45, 2.75) is 44.7 Å². The van der Waals surface area contributed by atoms with Crippen LogP contribution in [-0.4, -0.2) is 17.7 Å². The third kappa shape index (κ3) is 1.33. The van der Waals surface area contributed by atoms with Gasteiger partial charge < -0.3 is 9.88 Å². The van der Waals surface area contributed by atoms with Crippen LogP contribution in [0.15, 0.2) is 18.2 Å². The molecule has 0 saturated heterocycles. The van der Waals surface area contributed by atoms with E-state index < -0.39 is 0 Å². The molecule has 1 aliphatic heterocycles. The van der Waals surface area contributed by atoms with E-state index in [0.29, 0.717) is 6.04 Å². The second-order valence-electron chi connectivity index (χ2n) is 5.72. The molecule has 0 fully saturated rings. The molecule has 1 aliphatic carbocycles. The lowest BCUT2D eigenvalue weighted by molar-refractivity contribution is 0.479. The van der Waals surface area contributed by atoms with Crippen LogP contribution in [0.2, 0.25) is 0 Å². The number of nitrogens with one attached hydrogen (secondary N) is 1. The largest absolute Gasteiger partial charge is 0.344 e. The number of benzene rings is 1. The van der Waals surface area contributed by atoms with E-state index in [0.717, 1.165) is 0 Å². The summed E-state index contributed by atoms with van der Waals surface area (Å²) in [4.78, 5) is 0. The first-order valence-electron chi connectivity index (χ1n) is 7.17. The number of hydrogen-bond acceptors (Lipinski definition) is 1. The van der Waals surface area contributed by atoms with Crippen molar-refractivity contribution in [1.29, 1.82) is 0 Å². The molecule has 18 heavy (non-hydrogen) atoms. The molecule has 0 amide bonds. The highest BCUT2D eigenvalue weighted by molar-refractivity contribution is 5.89. The Morgan fingerprint density at radius 3 is 3.11 bits per heavy atom. The molecule has 2 nitrogen and oxygen atoms in total. The van der Waals surface area contributed by atoms with E-state index in [1.54, 1.807) is 22.3 Å². The number of hydrogen-bond donors (Lipinski definition) is 1. The first kappa shape index (κ1) is 10.6. The molecule has 0 radical (unpaired) electrons. The molecule has 4 rings (SSSR count). The summed E-state index contributed by atoms with van der Waals surface area (Å²) < 4.78 is 2.62. The molecule has 0 saturated carbocycles. The van der Waals surface area contributed by atoms with Gasteiger partial charge in [0.15, 0.2) is 0 Å². The molecule has 2 heteroatoms. The Labute approximate surface area is 108 Å². The van der Waals surface area contributed by atoms with Crippen LogP contribution in [0.3, 0.4) is 0 Å². The van der Waals surface area contributed by atoms with Crippen molar-refractivity contribution in [1.82, 2.24) is 9.88 Å². The Bertz CT molecular complexity index is 609. The monoisotopic (exact) mass is 240 g/mol. The van der Waals surface area contributed by atoms with Gasteiger partial charge in [-0.05, 0) is 50.3 Å². The molecule has 1 unspecified atom stereocenters. The van der Waals surface area contributed by atoms with E-state index in [4.69, 9.17) is 0 Å². The van der Waals surface area contributed by atoms with E-state index in [9.17, 15) is 0 Å². The van der Waals surface area contributed by atoms with Gasteiger partial charge in [0.2, 0.25) is 0 Å². The quantitative estimate of drug-likeness (QED) is 0.811. The van der Waals surface area contributed by atoms with Crippen molar-refractivity contribution in [3.8, 4) is 0 Å². The second-order valence-corrected chi connectivity index (χ2v) is 5.72. The number of fused-ring (bicyclic) bond motifs is 3. The lowest BCUT2D eigenvalue weighted by atomic mass is 9.91. The van der Waals surface area contributed by atoms with Crippen LogP contribution in [0.1, 0.15) is 29.7 Å². The molecular weight excluding hydrogens is 220 g/mol. The predicted octanol–water partition coefficient (Wildman–Crippen LogP) is 2.66. The molecule has 2 aliphatic rings. The molecule has 1 aromatic carbocycles. The number of likely N-dealkylation sites (N-methyl/N-ethyl adjacent to an activating group) is 1. The maximum Gasteiger partial charge on any atom is 0.0517 e. The summed E-state index contributed by atoms with van der Waals surface area (Å²) in [5.41, 5.74) is 6.36. The molecule has 2 heterocycles. The van der Waals surface area contributed by atoms with E-state index in [2.05, 4.69) is 35.1 Å². The molecule has 1 atom stereocenters. The van der Waals surface area contributed by atoms with Crippen molar-refractivity contribution in [2.75, 3.05) is 7.05 Å². The highest BCUT2D eigenvalue weighted by Gasteiger charge is 2.26. The van der Waals surface area contributed by atoms with Gasteiger partial charge in [-0.15, -0.1) is 0 Å². The Kier molecular flexibility index (Phi) is 2.28. The molecule has 2 aromatic rings. The zero-order chi connectivity index (χ0) is 12.1. The van der Waals surface area contributed by atoms with Crippen LogP contribution in [0, 0.1) is 0 Å². The Morgan fingerprint density at radius 2 is 2.22 bits per heavy atom. The predicted molar refractivity (Wildman–Crippen MR) is 75.1 cm³/mol. The zero-order valence-electron chi connectivity index (χ0n) is 11.0. The third-order valence-electron chi connectivity index (χ3n) is 4.80. The van der Waals surface area contributed by atoms with Crippen LogP contribution < -0.4 is 5.32 Å². The van der Waals surface area contributed by atoms with E-state index in [1.807, 2.05) is 0 Å². The molecule has 1 aromatic heterocycles. The van der Waals surface area contributed by atoms with Gasteiger partial charge in [-0.1, -0.05) is 18.2 Å². The molecule has 1 N–H and O–H groups in total. The van der Waals surface area contributed by atoms with Crippen molar-refractivity contribution in [2.24, 2.45) is 0 Å². The second kappa shape index (κ2) is 3.86. The smallest absolute Gasteiger partial charge is 0.0517 e. The Morgan fingerprint density at radius 1 is 1.28 bits per heavy atom. The number of para-hydroxylation sites is 1. The van der Waals surface area contributed by atoms with Gasteiger partial charge in [0, 0.05) is 23.7 Å². The first-order chi connectivity index (χ1) is 8.88. The third-order valence-corrected chi connectivity index (χ3v) is 4.80. The van der Waals surface area contributed by atoms with Crippen molar-refractivity contribution in [3.05, 3.63) is 35.0 Å². The summed E-state index contributed by atoms with van der Waals surface area (Å²) in [6.45, 7) is 1.23. The summed E-state index contributed by atoms with van der Waals surface area (Å²) >= 11 is 0. The standard InChI is InChI=1S/C16H20N2/c1-17-12-7-8-15-14(10-12)13-6-2-4-11-5-3-9-18(15)16(11)13/h2,4,6,12,17H,3,5,7-10H2,1H3. The van der Waals surface area contributed by atoms with Crippen LogP contribution in [0.25, 0.3) is 10.9 Å². The lowest BCUT2D eigenvalue weighted by Gasteiger charge is -2.24. The zero-order valence-corrected chi connectivity index (χ0v) is 11.0. The van der Waals surface area contributed by atoms with Gasteiger partial charge in [0.1, 0.15) is 0 Å². The Hall–Kier alpha value is -1.28. The van der Waals surface area contributed by atoms with Crippen molar-refractivity contribution < 1.29 is 0 Å². The van der Waals surface area contributed by atoms with Crippen molar-refractivity contribution >= 4 is 10.9 Å². The topological polar surface area (TPSA) is 17.0 Å². The Balaban J connectivity index is 2.00. The van der Waals surface area contributed by atoms with Crippen LogP contribution in [0.5, 0.6) is 0 Å². The van der Waals surface area contributed by atoms with Gasteiger partial charge in [-0.2, -0.15) is 0 Å². The normalized spacial score (nSPS) is 22.2. The van der Waals surface area contributed by atoms with Gasteiger partial charge in [0.25, 0.3) is 0 Å². The van der Waals surface area contributed by atoms with Crippen LogP contribution in [-0.2, 0) is 25.8 Å². The minimum absolute atomic E-state index is 0.668. The van der Waals surface area contributed by atoms with Crippen LogP contribution in [0.4, 0.5) is 0 Å². The fourth-order valence-corrected chi connectivity index (χ4v) is 3.90. The summed E-state index contributed by atoms with van der Waals surface area (Å²) in [5.74, 6) is 0. The van der Waals surface area contributed by atoms with Gasteiger partial charge in [-0.25, -0.2) is 0 Å². The minimum atomic E-state index is 0.668. The molecular formula is C16H20N2. The summed E-state index contributed by atoms with van der Waals surface area (Å²) in [6.07, 6.45) is 6.31. The summed E-state index contributed by atoms with van der Waals surface area (Å²) in [6, 6.07) is 7.56. The maximum absolute atomic E-state index is 3.46. The molecule has 94 valence electrons.